The van der Waals surface area contributed by atoms with Crippen LogP contribution >= 0.6 is 0 Å². The zero-order valence-electron chi connectivity index (χ0n) is 9.46. The Morgan fingerprint density at radius 2 is 1.94 bits per heavy atom. The third kappa shape index (κ3) is 2.55. The van der Waals surface area contributed by atoms with Crippen molar-refractivity contribution >= 4 is 5.82 Å². The van der Waals surface area contributed by atoms with Gasteiger partial charge in [-0.3, -0.25) is 0 Å². The Morgan fingerprint density at radius 1 is 1.28 bits per heavy atom. The van der Waals surface area contributed by atoms with Crippen LogP contribution < -0.4 is 4.90 Å². The highest BCUT2D eigenvalue weighted by molar-refractivity contribution is 5.55. The van der Waals surface area contributed by atoms with Crippen molar-refractivity contribution in [3.63, 3.8) is 0 Å². The van der Waals surface area contributed by atoms with Gasteiger partial charge in [-0.15, -0.1) is 0 Å². The molecule has 1 fully saturated rings. The molecule has 0 aromatic carbocycles. The zero-order valence-corrected chi connectivity index (χ0v) is 9.46. The Balaban J connectivity index is 2.39. The van der Waals surface area contributed by atoms with Crippen LogP contribution in [0, 0.1) is 17.8 Å². The lowest BCUT2D eigenvalue weighted by molar-refractivity contribution is -0.141. The van der Waals surface area contributed by atoms with Crippen molar-refractivity contribution in [2.24, 2.45) is 0 Å². The number of pyridine rings is 1. The van der Waals surface area contributed by atoms with Crippen LogP contribution in [-0.2, 0) is 6.18 Å². The van der Waals surface area contributed by atoms with E-state index in [0.29, 0.717) is 25.9 Å². The molecule has 1 saturated heterocycles. The lowest BCUT2D eigenvalue weighted by Crippen LogP contribution is -2.31. The molecule has 0 saturated carbocycles. The second-order valence-corrected chi connectivity index (χ2v) is 3.91. The van der Waals surface area contributed by atoms with Crippen molar-refractivity contribution in [3.8, 4) is 6.07 Å². The number of rotatable bonds is 1. The molecule has 2 radical (unpaired) electrons. The van der Waals surface area contributed by atoms with Crippen LogP contribution in [-0.4, -0.2) is 18.1 Å². The summed E-state index contributed by atoms with van der Waals surface area (Å²) in [6.45, 7) is 1.09. The third-order valence-electron chi connectivity index (χ3n) is 2.70. The molecule has 1 aromatic heterocycles. The van der Waals surface area contributed by atoms with Crippen molar-refractivity contribution < 1.29 is 13.2 Å². The van der Waals surface area contributed by atoms with Gasteiger partial charge in [0.1, 0.15) is 17.6 Å². The number of alkyl halides is 3. The van der Waals surface area contributed by atoms with Gasteiger partial charge < -0.3 is 4.90 Å². The summed E-state index contributed by atoms with van der Waals surface area (Å²) in [7, 11) is 0. The highest BCUT2D eigenvalue weighted by atomic mass is 19.4. The number of nitriles is 1. The maximum atomic E-state index is 12.6. The molecule has 1 aliphatic heterocycles. The van der Waals surface area contributed by atoms with Gasteiger partial charge in [-0.25, -0.2) is 4.98 Å². The lowest BCUT2D eigenvalue weighted by atomic mass is 10.1. The highest BCUT2D eigenvalue weighted by Gasteiger charge is 2.33. The molecule has 0 bridgehead atoms. The topological polar surface area (TPSA) is 39.9 Å². The first kappa shape index (κ1) is 12.7. The van der Waals surface area contributed by atoms with Crippen molar-refractivity contribution in [2.45, 2.75) is 19.0 Å². The van der Waals surface area contributed by atoms with E-state index in [1.54, 1.807) is 4.90 Å². The third-order valence-corrected chi connectivity index (χ3v) is 2.70. The standard InChI is InChI=1S/C12H10F3N3/c13-12(14,15)10-5-4-9(8-16)11(17-10)18-6-2-1-3-7-18/h4-5H,2-3,6-7H2. The minimum atomic E-state index is -4.49. The summed E-state index contributed by atoms with van der Waals surface area (Å²) in [5.74, 6) is 0.119. The number of hydrogen-bond donors (Lipinski definition) is 0. The maximum Gasteiger partial charge on any atom is 0.433 e. The molecule has 0 N–H and O–H groups in total. The van der Waals surface area contributed by atoms with Gasteiger partial charge >= 0.3 is 6.18 Å². The fraction of sp³-hybridized carbons (Fsp3) is 0.417. The molecule has 2 heterocycles. The van der Waals surface area contributed by atoms with Crippen molar-refractivity contribution in [2.75, 3.05) is 18.0 Å². The van der Waals surface area contributed by atoms with Gasteiger partial charge in [0.15, 0.2) is 0 Å². The Bertz CT molecular complexity index is 470. The smallest absolute Gasteiger partial charge is 0.355 e. The maximum absolute atomic E-state index is 12.6. The average molecular weight is 253 g/mol. The highest BCUT2D eigenvalue weighted by Crippen LogP contribution is 2.31. The number of halogens is 3. The van der Waals surface area contributed by atoms with Gasteiger partial charge in [-0.2, -0.15) is 18.4 Å². The zero-order chi connectivity index (χ0) is 13.2. The summed E-state index contributed by atoms with van der Waals surface area (Å²) in [4.78, 5) is 5.29. The van der Waals surface area contributed by atoms with Crippen molar-refractivity contribution in [1.29, 1.82) is 5.26 Å². The van der Waals surface area contributed by atoms with E-state index in [-0.39, 0.29) is 11.4 Å². The summed E-state index contributed by atoms with van der Waals surface area (Å²) in [6, 6.07) is 3.89. The van der Waals surface area contributed by atoms with Crippen LogP contribution in [0.5, 0.6) is 0 Å². The molecular formula is C12H10F3N3. The van der Waals surface area contributed by atoms with Crippen LogP contribution in [0.25, 0.3) is 0 Å². The van der Waals surface area contributed by atoms with E-state index in [1.807, 2.05) is 6.07 Å². The van der Waals surface area contributed by atoms with Gasteiger partial charge in [0.2, 0.25) is 0 Å². The van der Waals surface area contributed by atoms with Crippen LogP contribution in [0.15, 0.2) is 12.1 Å². The monoisotopic (exact) mass is 253 g/mol. The number of nitrogens with zero attached hydrogens (tertiary/aromatic N) is 3. The van der Waals surface area contributed by atoms with Gasteiger partial charge in [0.05, 0.1) is 5.56 Å². The van der Waals surface area contributed by atoms with Crippen LogP contribution in [0.4, 0.5) is 19.0 Å². The second kappa shape index (κ2) is 4.84. The summed E-state index contributed by atoms with van der Waals surface area (Å²) in [6.07, 6.45) is -0.0582. The average Bonchev–Trinajstić information content (AvgIpc) is 2.38. The van der Waals surface area contributed by atoms with Crippen molar-refractivity contribution in [3.05, 3.63) is 29.8 Å². The summed E-state index contributed by atoms with van der Waals surface area (Å²) in [5.41, 5.74) is -0.792. The first-order chi connectivity index (χ1) is 8.52. The van der Waals surface area contributed by atoms with Gasteiger partial charge in [0, 0.05) is 13.1 Å². The van der Waals surface area contributed by atoms with E-state index in [0.717, 1.165) is 6.07 Å². The summed E-state index contributed by atoms with van der Waals surface area (Å²) >= 11 is 0. The van der Waals surface area contributed by atoms with Crippen molar-refractivity contribution in [1.82, 2.24) is 4.98 Å². The predicted octanol–water partition coefficient (Wildman–Crippen LogP) is 2.65. The molecule has 1 aliphatic rings. The Hall–Kier alpha value is -1.77. The molecule has 18 heavy (non-hydrogen) atoms. The van der Waals surface area contributed by atoms with E-state index in [9.17, 15) is 13.2 Å². The molecule has 2 rings (SSSR count). The Kier molecular flexibility index (Phi) is 3.41. The molecular weight excluding hydrogens is 243 g/mol. The van der Waals surface area contributed by atoms with Crippen LogP contribution in [0.3, 0.4) is 0 Å². The van der Waals surface area contributed by atoms with Gasteiger partial charge in [-0.1, -0.05) is 0 Å². The fourth-order valence-electron chi connectivity index (χ4n) is 1.81. The SMILES string of the molecule is N#Cc1ccc(C(F)(F)F)nc1N1CC[C]CC1. The molecule has 0 aliphatic carbocycles. The molecule has 94 valence electrons. The number of hydrogen-bond acceptors (Lipinski definition) is 3. The van der Waals surface area contributed by atoms with Gasteiger partial charge in [0.25, 0.3) is 0 Å². The lowest BCUT2D eigenvalue weighted by Gasteiger charge is -2.28. The first-order valence-electron chi connectivity index (χ1n) is 5.46. The van der Waals surface area contributed by atoms with Crippen LogP contribution in [0.1, 0.15) is 24.1 Å². The Morgan fingerprint density at radius 3 is 2.50 bits per heavy atom. The number of anilines is 1. The molecule has 0 unspecified atom stereocenters. The molecule has 0 spiro atoms. The van der Waals surface area contributed by atoms with E-state index < -0.39 is 11.9 Å². The quantitative estimate of drug-likeness (QED) is 0.772. The largest absolute Gasteiger partial charge is 0.433 e. The van der Waals surface area contributed by atoms with E-state index in [2.05, 4.69) is 11.4 Å². The normalized spacial score (nSPS) is 16.4. The molecule has 6 heteroatoms. The van der Waals surface area contributed by atoms with Crippen LogP contribution in [0.2, 0.25) is 0 Å². The van der Waals surface area contributed by atoms with E-state index >= 15 is 0 Å². The second-order valence-electron chi connectivity index (χ2n) is 3.91. The predicted molar refractivity (Wildman–Crippen MR) is 58.6 cm³/mol. The molecule has 0 atom stereocenters. The minimum Gasteiger partial charge on any atom is -0.355 e. The van der Waals surface area contributed by atoms with E-state index in [4.69, 9.17) is 5.26 Å². The molecule has 1 aromatic rings. The molecule has 0 amide bonds. The number of aromatic nitrogens is 1. The minimum absolute atomic E-state index is 0.119. The summed E-state index contributed by atoms with van der Waals surface area (Å²) < 4.78 is 37.8. The Labute approximate surface area is 103 Å². The molecule has 3 nitrogen and oxygen atoms in total. The number of piperidine rings is 1. The summed E-state index contributed by atoms with van der Waals surface area (Å²) in [5, 5.41) is 8.93. The first-order valence-corrected chi connectivity index (χ1v) is 5.46. The van der Waals surface area contributed by atoms with Gasteiger partial charge in [-0.05, 0) is 31.4 Å². The fourth-order valence-corrected chi connectivity index (χ4v) is 1.81. The van der Waals surface area contributed by atoms with E-state index in [1.165, 1.54) is 6.07 Å².